The molecule has 148 valence electrons. The van der Waals surface area contributed by atoms with Crippen molar-refractivity contribution in [1.29, 1.82) is 0 Å². The number of carbonyl (C=O) groups is 1. The summed E-state index contributed by atoms with van der Waals surface area (Å²) in [5.41, 5.74) is 0. The third-order valence-corrected chi connectivity index (χ3v) is 4.87. The lowest BCUT2D eigenvalue weighted by molar-refractivity contribution is -0.145. The summed E-state index contributed by atoms with van der Waals surface area (Å²) in [6.07, 6.45) is 16.7. The van der Waals surface area contributed by atoms with Crippen LogP contribution in [-0.2, 0) is 4.79 Å². The van der Waals surface area contributed by atoms with Crippen molar-refractivity contribution in [2.24, 2.45) is 0 Å². The van der Waals surface area contributed by atoms with Gasteiger partial charge < -0.3 is 9.84 Å². The Kier molecular flexibility index (Phi) is 13.6. The van der Waals surface area contributed by atoms with Crippen LogP contribution < -0.4 is 4.74 Å². The molecule has 0 saturated carbocycles. The van der Waals surface area contributed by atoms with Crippen LogP contribution in [0.15, 0.2) is 30.3 Å². The Labute approximate surface area is 160 Å². The number of para-hydroxylation sites is 1. The minimum atomic E-state index is -0.868. The number of carboxylic acid groups (broad SMARTS) is 1. The van der Waals surface area contributed by atoms with Crippen LogP contribution in [0.5, 0.6) is 5.75 Å². The Balaban J connectivity index is 1.96. The van der Waals surface area contributed by atoms with Crippen molar-refractivity contribution < 1.29 is 14.6 Å². The number of hydrogen-bond acceptors (Lipinski definition) is 2. The molecule has 1 rings (SSSR count). The topological polar surface area (TPSA) is 46.5 Å². The van der Waals surface area contributed by atoms with Crippen molar-refractivity contribution in [2.75, 3.05) is 0 Å². The Morgan fingerprint density at radius 2 is 1.27 bits per heavy atom. The molecular formula is C23H38O3. The van der Waals surface area contributed by atoms with Gasteiger partial charge in [-0.3, -0.25) is 0 Å². The van der Waals surface area contributed by atoms with E-state index in [2.05, 4.69) is 6.92 Å². The van der Waals surface area contributed by atoms with Crippen LogP contribution in [0.4, 0.5) is 0 Å². The summed E-state index contributed by atoms with van der Waals surface area (Å²) in [5.74, 6) is -0.234. The minimum absolute atomic E-state index is 0.585. The van der Waals surface area contributed by atoms with E-state index in [1.807, 2.05) is 18.2 Å². The van der Waals surface area contributed by atoms with Crippen molar-refractivity contribution in [3.63, 3.8) is 0 Å². The maximum atomic E-state index is 11.3. The number of ether oxygens (including phenoxy) is 1. The van der Waals surface area contributed by atoms with E-state index in [1.165, 1.54) is 70.6 Å². The maximum Gasteiger partial charge on any atom is 0.344 e. The molecule has 0 spiro atoms. The van der Waals surface area contributed by atoms with Gasteiger partial charge in [-0.1, -0.05) is 102 Å². The van der Waals surface area contributed by atoms with Gasteiger partial charge in [0.05, 0.1) is 0 Å². The first-order chi connectivity index (χ1) is 12.7. The van der Waals surface area contributed by atoms with Gasteiger partial charge in [-0.15, -0.1) is 0 Å². The molecule has 0 aliphatic heterocycles. The fraction of sp³-hybridized carbons (Fsp3) is 0.696. The Morgan fingerprint density at radius 3 is 1.73 bits per heavy atom. The van der Waals surface area contributed by atoms with E-state index < -0.39 is 12.1 Å². The summed E-state index contributed by atoms with van der Waals surface area (Å²) in [6, 6.07) is 9.23. The summed E-state index contributed by atoms with van der Waals surface area (Å²) >= 11 is 0. The molecule has 0 aliphatic carbocycles. The van der Waals surface area contributed by atoms with E-state index >= 15 is 0 Å². The van der Waals surface area contributed by atoms with Gasteiger partial charge in [-0.05, 0) is 25.0 Å². The zero-order valence-electron chi connectivity index (χ0n) is 16.6. The molecule has 0 bridgehead atoms. The average molecular weight is 363 g/mol. The number of benzene rings is 1. The average Bonchev–Trinajstić information content (AvgIpc) is 2.65. The molecule has 1 aromatic rings. The normalized spacial score (nSPS) is 12.0. The molecule has 0 radical (unpaired) electrons. The number of hydrogen-bond donors (Lipinski definition) is 1. The van der Waals surface area contributed by atoms with E-state index in [9.17, 15) is 9.90 Å². The molecule has 1 N–H and O–H groups in total. The predicted molar refractivity (Wildman–Crippen MR) is 109 cm³/mol. The van der Waals surface area contributed by atoms with Crippen LogP contribution >= 0.6 is 0 Å². The zero-order chi connectivity index (χ0) is 18.9. The molecule has 1 atom stereocenters. The van der Waals surface area contributed by atoms with Gasteiger partial charge in [0, 0.05) is 0 Å². The van der Waals surface area contributed by atoms with Crippen LogP contribution in [0.2, 0.25) is 0 Å². The van der Waals surface area contributed by atoms with Crippen molar-refractivity contribution in [3.05, 3.63) is 30.3 Å². The van der Waals surface area contributed by atoms with Gasteiger partial charge in [0.25, 0.3) is 0 Å². The number of carboxylic acids is 1. The number of unbranched alkanes of at least 4 members (excludes halogenated alkanes) is 12. The van der Waals surface area contributed by atoms with E-state index in [1.54, 1.807) is 12.1 Å². The molecule has 3 heteroatoms. The summed E-state index contributed by atoms with van der Waals surface area (Å²) in [4.78, 5) is 11.3. The highest BCUT2D eigenvalue weighted by atomic mass is 16.5. The van der Waals surface area contributed by atoms with Crippen LogP contribution in [-0.4, -0.2) is 17.2 Å². The largest absolute Gasteiger partial charge is 0.479 e. The molecule has 26 heavy (non-hydrogen) atoms. The van der Waals surface area contributed by atoms with Crippen LogP contribution in [0.3, 0.4) is 0 Å². The molecule has 3 nitrogen and oxygen atoms in total. The van der Waals surface area contributed by atoms with E-state index in [4.69, 9.17) is 4.74 Å². The first kappa shape index (κ1) is 22.5. The summed E-state index contributed by atoms with van der Waals surface area (Å²) < 4.78 is 5.58. The second kappa shape index (κ2) is 15.7. The summed E-state index contributed by atoms with van der Waals surface area (Å²) in [5, 5.41) is 9.30. The monoisotopic (exact) mass is 362 g/mol. The quantitative estimate of drug-likeness (QED) is 0.303. The molecule has 1 aromatic carbocycles. The smallest absolute Gasteiger partial charge is 0.344 e. The molecule has 0 aliphatic rings. The standard InChI is InChI=1S/C23H38O3/c1-2-3-4-5-6-7-8-9-10-11-12-13-17-20-22(23(24)25)26-21-18-15-14-16-19-21/h14-16,18-19,22H,2-13,17,20H2,1H3,(H,24,25). The van der Waals surface area contributed by atoms with Crippen molar-refractivity contribution >= 4 is 5.97 Å². The molecule has 0 amide bonds. The molecule has 0 heterocycles. The Bertz CT molecular complexity index is 444. The second-order valence-corrected chi connectivity index (χ2v) is 7.29. The predicted octanol–water partition coefficient (Wildman–Crippen LogP) is 7.00. The van der Waals surface area contributed by atoms with Gasteiger partial charge in [-0.25, -0.2) is 4.79 Å². The van der Waals surface area contributed by atoms with Gasteiger partial charge in [0.2, 0.25) is 0 Å². The fourth-order valence-corrected chi connectivity index (χ4v) is 3.24. The summed E-state index contributed by atoms with van der Waals surface area (Å²) in [7, 11) is 0. The summed E-state index contributed by atoms with van der Waals surface area (Å²) in [6.45, 7) is 2.26. The van der Waals surface area contributed by atoms with Gasteiger partial charge in [0.15, 0.2) is 6.10 Å². The lowest BCUT2D eigenvalue weighted by Gasteiger charge is -2.14. The zero-order valence-corrected chi connectivity index (χ0v) is 16.6. The number of rotatable bonds is 17. The molecule has 0 saturated heterocycles. The molecular weight excluding hydrogens is 324 g/mol. The third-order valence-electron chi connectivity index (χ3n) is 4.87. The highest BCUT2D eigenvalue weighted by Gasteiger charge is 2.18. The lowest BCUT2D eigenvalue weighted by Crippen LogP contribution is -2.26. The Hall–Kier alpha value is -1.51. The van der Waals surface area contributed by atoms with Gasteiger partial charge in [0.1, 0.15) is 5.75 Å². The van der Waals surface area contributed by atoms with E-state index in [-0.39, 0.29) is 0 Å². The number of aliphatic carboxylic acids is 1. The highest BCUT2D eigenvalue weighted by molar-refractivity contribution is 5.72. The first-order valence-electron chi connectivity index (χ1n) is 10.7. The third kappa shape index (κ3) is 11.9. The fourth-order valence-electron chi connectivity index (χ4n) is 3.24. The second-order valence-electron chi connectivity index (χ2n) is 7.29. The maximum absolute atomic E-state index is 11.3. The van der Waals surface area contributed by atoms with Crippen molar-refractivity contribution in [1.82, 2.24) is 0 Å². The first-order valence-corrected chi connectivity index (χ1v) is 10.7. The van der Waals surface area contributed by atoms with Crippen molar-refractivity contribution in [3.8, 4) is 5.75 Å². The van der Waals surface area contributed by atoms with Crippen LogP contribution in [0.25, 0.3) is 0 Å². The van der Waals surface area contributed by atoms with Gasteiger partial charge >= 0.3 is 5.97 Å². The van der Waals surface area contributed by atoms with E-state index in [0.29, 0.717) is 12.2 Å². The molecule has 1 unspecified atom stereocenters. The van der Waals surface area contributed by atoms with Crippen molar-refractivity contribution in [2.45, 2.75) is 103 Å². The highest BCUT2D eigenvalue weighted by Crippen LogP contribution is 2.16. The van der Waals surface area contributed by atoms with Crippen LogP contribution in [0, 0.1) is 0 Å². The Morgan fingerprint density at radius 1 is 0.808 bits per heavy atom. The SMILES string of the molecule is CCCCCCCCCCCCCCCC(Oc1ccccc1)C(=O)O. The van der Waals surface area contributed by atoms with Crippen LogP contribution in [0.1, 0.15) is 96.8 Å². The molecule has 0 fully saturated rings. The van der Waals surface area contributed by atoms with Gasteiger partial charge in [-0.2, -0.15) is 0 Å². The minimum Gasteiger partial charge on any atom is -0.479 e. The van der Waals surface area contributed by atoms with E-state index in [0.717, 1.165) is 12.8 Å². The molecule has 0 aromatic heterocycles. The lowest BCUT2D eigenvalue weighted by atomic mass is 10.0.